The minimum Gasteiger partial charge on any atom is -0.314 e. The lowest BCUT2D eigenvalue weighted by Crippen LogP contribution is -2.03. The second-order valence-electron chi connectivity index (χ2n) is 0.869. The molecule has 0 aromatic rings. The van der Waals surface area contributed by atoms with Crippen LogP contribution in [0.4, 0.5) is 0 Å². The van der Waals surface area contributed by atoms with E-state index >= 15 is 0 Å². The van der Waals surface area contributed by atoms with E-state index < -0.39 is 12.8 Å². The Morgan fingerprint density at radius 3 is 2.25 bits per heavy atom. The molecule has 0 rings (SSSR count). The molecule has 0 amide bonds. The molecule has 0 spiro atoms. The number of hydrogen-bond acceptors (Lipinski definition) is 4. The first-order valence-electron chi connectivity index (χ1n) is 1.37. The molecule has 8 heavy (non-hydrogen) atoms. The van der Waals surface area contributed by atoms with Crippen molar-refractivity contribution in [3.8, 4) is 0 Å². The maximum atomic E-state index is 9.69. The average Bonchev–Trinajstić information content (AvgIpc) is 1.21. The van der Waals surface area contributed by atoms with Gasteiger partial charge in [-0.1, -0.05) is 0 Å². The van der Waals surface area contributed by atoms with Crippen molar-refractivity contribution in [3.63, 3.8) is 0 Å². The topological polar surface area (TPSA) is 116 Å². The first-order chi connectivity index (χ1) is 3.42. The van der Waals surface area contributed by atoms with Gasteiger partial charge in [0.15, 0.2) is 0 Å². The van der Waals surface area contributed by atoms with Crippen LogP contribution in [0.2, 0.25) is 0 Å². The number of nitrogens with zero attached hydrogens (tertiary/aromatic N) is 1. The molecule has 0 aromatic carbocycles. The standard InChI is InChI=1S/H3N2O5P/c1-8(5,6)7-2(3)4/h(H3,1,5,6). The van der Waals surface area contributed by atoms with Gasteiger partial charge in [0, 0.05) is 0 Å². The normalized spacial score (nSPS) is 16.8. The zero-order valence-corrected chi connectivity index (χ0v) is 4.45. The van der Waals surface area contributed by atoms with Crippen molar-refractivity contribution in [3.05, 3.63) is 10.1 Å². The maximum absolute atomic E-state index is 9.69. The van der Waals surface area contributed by atoms with Crippen molar-refractivity contribution in [1.82, 2.24) is 0 Å². The third-order valence-corrected chi connectivity index (χ3v) is 0.551. The van der Waals surface area contributed by atoms with E-state index in [0.29, 0.717) is 0 Å². The van der Waals surface area contributed by atoms with Crippen LogP contribution in [0.25, 0.3) is 0 Å². The molecular weight excluding hydrogens is 139 g/mol. The van der Waals surface area contributed by atoms with Crippen LogP contribution >= 0.6 is 7.75 Å². The molecule has 0 aliphatic carbocycles. The third-order valence-electron chi connectivity index (χ3n) is 0.184. The van der Waals surface area contributed by atoms with Crippen LogP contribution in [0.15, 0.2) is 0 Å². The zero-order chi connectivity index (χ0) is 6.78. The highest BCUT2D eigenvalue weighted by Crippen LogP contribution is 2.30. The average molecular weight is 142 g/mol. The molecule has 0 aromatic heterocycles. The van der Waals surface area contributed by atoms with Crippen LogP contribution in [-0.4, -0.2) is 9.98 Å². The molecule has 0 saturated heterocycles. The molecule has 0 heterocycles. The fourth-order valence-corrected chi connectivity index (χ4v) is 0.287. The molecule has 0 bridgehead atoms. The van der Waals surface area contributed by atoms with Crippen LogP contribution in [0, 0.1) is 10.1 Å². The highest BCUT2D eigenvalue weighted by Gasteiger charge is 2.14. The molecule has 3 N–H and O–H groups in total. The SMILES string of the molecule is NP(=O)(O)O[N+](=O)[O-]. The summed E-state index contributed by atoms with van der Waals surface area (Å²) in [6, 6.07) is 0. The monoisotopic (exact) mass is 142 g/mol. The number of nitrogens with two attached hydrogens (primary N) is 1. The number of rotatable bonds is 2. The highest BCUT2D eigenvalue weighted by atomic mass is 31.2. The smallest absolute Gasteiger partial charge is 0.314 e. The fourth-order valence-electron chi connectivity index (χ4n) is 0.0955. The Morgan fingerprint density at radius 2 is 2.25 bits per heavy atom. The van der Waals surface area contributed by atoms with Crippen molar-refractivity contribution in [2.45, 2.75) is 0 Å². The van der Waals surface area contributed by atoms with E-state index in [2.05, 4.69) is 10.1 Å². The fraction of sp³-hybridized carbons (Fsp3) is 0. The van der Waals surface area contributed by atoms with Gasteiger partial charge in [0.2, 0.25) is 0 Å². The summed E-state index contributed by atoms with van der Waals surface area (Å²) in [7, 11) is -4.42. The molecule has 1 unspecified atom stereocenters. The van der Waals surface area contributed by atoms with Crippen LogP contribution in [0.1, 0.15) is 0 Å². The molecule has 8 heteroatoms. The molecule has 48 valence electrons. The largest absolute Gasteiger partial charge is 0.435 e. The summed E-state index contributed by atoms with van der Waals surface area (Å²) in [4.78, 5) is 17.0. The van der Waals surface area contributed by atoms with E-state index in [0.717, 1.165) is 0 Å². The van der Waals surface area contributed by atoms with E-state index in [4.69, 9.17) is 4.89 Å². The Morgan fingerprint density at radius 1 is 1.88 bits per heavy atom. The lowest BCUT2D eigenvalue weighted by atomic mass is 13.1. The highest BCUT2D eigenvalue weighted by molar-refractivity contribution is 7.49. The van der Waals surface area contributed by atoms with Gasteiger partial charge >= 0.3 is 12.8 Å². The van der Waals surface area contributed by atoms with Crippen molar-refractivity contribution in [2.24, 2.45) is 5.50 Å². The minimum atomic E-state index is -4.42. The summed E-state index contributed by atoms with van der Waals surface area (Å²) in [5, 5.41) is 7.76. The summed E-state index contributed by atoms with van der Waals surface area (Å²) < 4.78 is 12.7. The maximum Gasteiger partial charge on any atom is 0.435 e. The van der Waals surface area contributed by atoms with Crippen molar-refractivity contribution < 1.29 is 19.2 Å². The van der Waals surface area contributed by atoms with E-state index in [1.165, 1.54) is 0 Å². The van der Waals surface area contributed by atoms with Gasteiger partial charge in [-0.05, 0) is 0 Å². The summed E-state index contributed by atoms with van der Waals surface area (Å²) in [6.45, 7) is 0. The molecule has 0 saturated carbocycles. The Labute approximate surface area is 43.7 Å². The summed E-state index contributed by atoms with van der Waals surface area (Å²) in [6.07, 6.45) is 0. The Bertz CT molecular complexity index is 133. The van der Waals surface area contributed by atoms with Gasteiger partial charge in [-0.3, -0.25) is 0 Å². The van der Waals surface area contributed by atoms with Crippen molar-refractivity contribution >= 4 is 7.75 Å². The lowest BCUT2D eigenvalue weighted by Gasteiger charge is -1.97. The second-order valence-corrected chi connectivity index (χ2v) is 2.16. The summed E-state index contributed by atoms with van der Waals surface area (Å²) >= 11 is 0. The molecule has 0 aliphatic rings. The molecule has 1 atom stereocenters. The van der Waals surface area contributed by atoms with Gasteiger partial charge in [-0.2, -0.15) is 0 Å². The predicted octanol–water partition coefficient (Wildman–Crippen LogP) is -0.746. The first kappa shape index (κ1) is 7.35. The van der Waals surface area contributed by atoms with E-state index in [1.54, 1.807) is 0 Å². The van der Waals surface area contributed by atoms with Crippen LogP contribution < -0.4 is 5.50 Å². The Kier molecular flexibility index (Phi) is 1.91. The van der Waals surface area contributed by atoms with Gasteiger partial charge < -0.3 is 4.89 Å². The quantitative estimate of drug-likeness (QED) is 0.297. The van der Waals surface area contributed by atoms with Gasteiger partial charge in [-0.15, -0.1) is 10.1 Å². The molecular formula is H3N2O5P. The van der Waals surface area contributed by atoms with Crippen LogP contribution in [0.3, 0.4) is 0 Å². The summed E-state index contributed by atoms with van der Waals surface area (Å²) in [5.74, 6) is 0. The zero-order valence-electron chi connectivity index (χ0n) is 3.55. The van der Waals surface area contributed by atoms with Crippen molar-refractivity contribution in [1.29, 1.82) is 0 Å². The third kappa shape index (κ3) is 5.35. The van der Waals surface area contributed by atoms with Crippen LogP contribution in [-0.2, 0) is 9.19 Å². The minimum absolute atomic E-state index is 1.43. The summed E-state index contributed by atoms with van der Waals surface area (Å²) in [5.41, 5.74) is 4.18. The van der Waals surface area contributed by atoms with Gasteiger partial charge in [-0.25, -0.2) is 14.7 Å². The second kappa shape index (κ2) is 2.08. The Balaban J connectivity index is 3.74. The van der Waals surface area contributed by atoms with Gasteiger partial charge in [0.25, 0.3) is 0 Å². The Hall–Kier alpha value is -0.650. The van der Waals surface area contributed by atoms with Crippen LogP contribution in [0.5, 0.6) is 0 Å². The van der Waals surface area contributed by atoms with E-state index in [9.17, 15) is 14.7 Å². The predicted molar refractivity (Wildman–Crippen MR) is 22.1 cm³/mol. The lowest BCUT2D eigenvalue weighted by molar-refractivity contribution is -0.715. The molecule has 7 nitrogen and oxygen atoms in total. The van der Waals surface area contributed by atoms with Gasteiger partial charge in [0.05, 0.1) is 0 Å². The molecule has 0 aliphatic heterocycles. The van der Waals surface area contributed by atoms with E-state index in [1.807, 2.05) is 0 Å². The first-order valence-corrected chi connectivity index (χ1v) is 3.02. The van der Waals surface area contributed by atoms with Crippen molar-refractivity contribution in [2.75, 3.05) is 0 Å². The van der Waals surface area contributed by atoms with Gasteiger partial charge in [0.1, 0.15) is 0 Å². The molecule has 0 radical (unpaired) electrons. The molecule has 0 fully saturated rings. The van der Waals surface area contributed by atoms with E-state index in [-0.39, 0.29) is 0 Å². The number of hydrogen-bond donors (Lipinski definition) is 2.